The Hall–Kier alpha value is -0.420. The zero-order chi connectivity index (χ0) is 14.5. The number of hydrogen-bond donors (Lipinski definition) is 2. The van der Waals surface area contributed by atoms with Crippen molar-refractivity contribution in [3.8, 4) is 0 Å². The Labute approximate surface area is 121 Å². The van der Waals surface area contributed by atoms with Gasteiger partial charge in [0.1, 0.15) is 0 Å². The van der Waals surface area contributed by atoms with E-state index in [2.05, 4.69) is 6.92 Å². The van der Waals surface area contributed by atoms with E-state index in [1.807, 2.05) is 12.2 Å². The maximum absolute atomic E-state index is 10.1. The van der Waals surface area contributed by atoms with E-state index in [1.165, 1.54) is 0 Å². The SMILES string of the molecule is CCCCCC(O)C=CC1C(O)CC2OC(OC)CC21. The van der Waals surface area contributed by atoms with E-state index in [1.54, 1.807) is 7.11 Å². The highest BCUT2D eigenvalue weighted by Crippen LogP contribution is 2.44. The summed E-state index contributed by atoms with van der Waals surface area (Å²) in [6.45, 7) is 2.16. The molecule has 2 fully saturated rings. The molecule has 4 heteroatoms. The Bertz CT molecular complexity index is 318. The summed E-state index contributed by atoms with van der Waals surface area (Å²) in [6, 6.07) is 0. The number of fused-ring (bicyclic) bond motifs is 1. The quantitative estimate of drug-likeness (QED) is 0.556. The molecule has 0 spiro atoms. The van der Waals surface area contributed by atoms with Gasteiger partial charge < -0.3 is 19.7 Å². The number of rotatable bonds is 7. The molecule has 116 valence electrons. The Morgan fingerprint density at radius 1 is 1.35 bits per heavy atom. The third-order valence-corrected chi connectivity index (χ3v) is 4.60. The fourth-order valence-electron chi connectivity index (χ4n) is 3.42. The highest BCUT2D eigenvalue weighted by atomic mass is 16.7. The summed E-state index contributed by atoms with van der Waals surface area (Å²) in [7, 11) is 1.66. The van der Waals surface area contributed by atoms with Crippen molar-refractivity contribution in [2.75, 3.05) is 7.11 Å². The van der Waals surface area contributed by atoms with Crippen LogP contribution in [0.1, 0.15) is 45.4 Å². The van der Waals surface area contributed by atoms with Gasteiger partial charge in [0.2, 0.25) is 0 Å². The second-order valence-corrected chi connectivity index (χ2v) is 6.07. The lowest BCUT2D eigenvalue weighted by molar-refractivity contribution is -0.118. The summed E-state index contributed by atoms with van der Waals surface area (Å²) in [6.07, 6.45) is 8.74. The van der Waals surface area contributed by atoms with E-state index < -0.39 is 6.10 Å². The fraction of sp³-hybridized carbons (Fsp3) is 0.875. The van der Waals surface area contributed by atoms with E-state index in [0.717, 1.165) is 32.1 Å². The minimum Gasteiger partial charge on any atom is -0.392 e. The molecule has 0 aromatic heterocycles. The van der Waals surface area contributed by atoms with Gasteiger partial charge in [-0.1, -0.05) is 38.3 Å². The molecule has 0 radical (unpaired) electrons. The van der Waals surface area contributed by atoms with Crippen molar-refractivity contribution >= 4 is 0 Å². The molecule has 2 aliphatic rings. The molecule has 6 unspecified atom stereocenters. The average molecular weight is 284 g/mol. The van der Waals surface area contributed by atoms with Crippen molar-refractivity contribution in [1.82, 2.24) is 0 Å². The maximum Gasteiger partial charge on any atom is 0.157 e. The molecule has 2 N–H and O–H groups in total. The smallest absolute Gasteiger partial charge is 0.157 e. The molecule has 1 aliphatic carbocycles. The fourth-order valence-corrected chi connectivity index (χ4v) is 3.42. The van der Waals surface area contributed by atoms with Crippen molar-refractivity contribution in [2.45, 2.75) is 70.1 Å². The highest BCUT2D eigenvalue weighted by Gasteiger charge is 2.48. The first-order chi connectivity index (χ1) is 9.65. The Morgan fingerprint density at radius 3 is 2.85 bits per heavy atom. The Morgan fingerprint density at radius 2 is 2.15 bits per heavy atom. The van der Waals surface area contributed by atoms with Crippen molar-refractivity contribution in [2.24, 2.45) is 11.8 Å². The summed E-state index contributed by atoms with van der Waals surface area (Å²) in [4.78, 5) is 0. The molecular formula is C16H28O4. The first-order valence-electron chi connectivity index (χ1n) is 7.88. The lowest BCUT2D eigenvalue weighted by atomic mass is 9.91. The lowest BCUT2D eigenvalue weighted by Gasteiger charge is -2.17. The van der Waals surface area contributed by atoms with Crippen LogP contribution >= 0.6 is 0 Å². The van der Waals surface area contributed by atoms with Crippen LogP contribution in [0.25, 0.3) is 0 Å². The van der Waals surface area contributed by atoms with Crippen LogP contribution in [0, 0.1) is 11.8 Å². The van der Waals surface area contributed by atoms with Crippen molar-refractivity contribution < 1.29 is 19.7 Å². The second kappa shape index (κ2) is 7.55. The largest absolute Gasteiger partial charge is 0.392 e. The van der Waals surface area contributed by atoms with Crippen molar-refractivity contribution in [1.29, 1.82) is 0 Å². The van der Waals surface area contributed by atoms with Gasteiger partial charge in [-0.25, -0.2) is 0 Å². The van der Waals surface area contributed by atoms with Crippen molar-refractivity contribution in [3.05, 3.63) is 12.2 Å². The summed E-state index contributed by atoms with van der Waals surface area (Å²) < 4.78 is 11.0. The molecule has 4 nitrogen and oxygen atoms in total. The van der Waals surface area contributed by atoms with Crippen LogP contribution in [0.15, 0.2) is 12.2 Å². The molecule has 0 bridgehead atoms. The molecule has 1 aliphatic heterocycles. The van der Waals surface area contributed by atoms with Gasteiger partial charge in [0.15, 0.2) is 6.29 Å². The van der Waals surface area contributed by atoms with E-state index >= 15 is 0 Å². The number of hydrogen-bond acceptors (Lipinski definition) is 4. The highest BCUT2D eigenvalue weighted by molar-refractivity contribution is 5.06. The predicted octanol–water partition coefficient (Wildman–Crippen LogP) is 2.24. The molecule has 2 rings (SSSR count). The molecule has 20 heavy (non-hydrogen) atoms. The van der Waals surface area contributed by atoms with Crippen LogP contribution in [0.5, 0.6) is 0 Å². The molecule has 0 aromatic carbocycles. The monoisotopic (exact) mass is 284 g/mol. The third kappa shape index (κ3) is 3.82. The molecule has 6 atom stereocenters. The molecular weight excluding hydrogens is 256 g/mol. The van der Waals surface area contributed by atoms with Crippen LogP contribution < -0.4 is 0 Å². The van der Waals surface area contributed by atoms with E-state index in [-0.39, 0.29) is 24.4 Å². The van der Waals surface area contributed by atoms with E-state index in [9.17, 15) is 10.2 Å². The van der Waals surface area contributed by atoms with Gasteiger partial charge in [-0.2, -0.15) is 0 Å². The Balaban J connectivity index is 1.84. The summed E-state index contributed by atoms with van der Waals surface area (Å²) in [5, 5.41) is 20.1. The summed E-state index contributed by atoms with van der Waals surface area (Å²) in [5.41, 5.74) is 0. The first-order valence-corrected chi connectivity index (χ1v) is 7.88. The van der Waals surface area contributed by atoms with Crippen LogP contribution in [-0.4, -0.2) is 41.9 Å². The minimum atomic E-state index is -0.395. The summed E-state index contributed by atoms with van der Waals surface area (Å²) in [5.74, 6) is 0.398. The minimum absolute atomic E-state index is 0.0842. The molecule has 1 saturated carbocycles. The normalized spacial score (nSPS) is 38.5. The number of unbranched alkanes of at least 4 members (excludes halogenated alkanes) is 2. The van der Waals surface area contributed by atoms with Gasteiger partial charge in [0.25, 0.3) is 0 Å². The van der Waals surface area contributed by atoms with Crippen LogP contribution in [0.4, 0.5) is 0 Å². The zero-order valence-electron chi connectivity index (χ0n) is 12.6. The first kappa shape index (κ1) is 16.0. The van der Waals surface area contributed by atoms with Gasteiger partial charge >= 0.3 is 0 Å². The van der Waals surface area contributed by atoms with Gasteiger partial charge in [-0.05, 0) is 12.3 Å². The number of aliphatic hydroxyl groups excluding tert-OH is 2. The van der Waals surface area contributed by atoms with Gasteiger partial charge in [-0.3, -0.25) is 0 Å². The Kier molecular flexibility index (Phi) is 6.02. The van der Waals surface area contributed by atoms with E-state index in [0.29, 0.717) is 12.3 Å². The van der Waals surface area contributed by atoms with Crippen LogP contribution in [0.3, 0.4) is 0 Å². The zero-order valence-corrected chi connectivity index (χ0v) is 12.6. The standard InChI is InChI=1S/C16H28O4/c1-3-4-5-6-11(17)7-8-12-13-9-16(19-2)20-15(13)10-14(12)18/h7-8,11-18H,3-6,9-10H2,1-2H3. The number of methoxy groups -OCH3 is 1. The molecule has 1 heterocycles. The van der Waals surface area contributed by atoms with Gasteiger partial charge in [0, 0.05) is 25.9 Å². The topological polar surface area (TPSA) is 58.9 Å². The number of aliphatic hydroxyl groups is 2. The van der Waals surface area contributed by atoms with E-state index in [4.69, 9.17) is 9.47 Å². The predicted molar refractivity (Wildman–Crippen MR) is 77.2 cm³/mol. The van der Waals surface area contributed by atoms with Crippen molar-refractivity contribution in [3.63, 3.8) is 0 Å². The molecule has 0 amide bonds. The maximum atomic E-state index is 10.1. The summed E-state index contributed by atoms with van der Waals surface area (Å²) >= 11 is 0. The number of ether oxygens (including phenoxy) is 2. The van der Waals surface area contributed by atoms with Gasteiger partial charge in [0.05, 0.1) is 18.3 Å². The molecule has 0 aromatic rings. The average Bonchev–Trinajstić information content (AvgIpc) is 2.93. The van der Waals surface area contributed by atoms with Gasteiger partial charge in [-0.15, -0.1) is 0 Å². The lowest BCUT2D eigenvalue weighted by Crippen LogP contribution is -2.19. The second-order valence-electron chi connectivity index (χ2n) is 6.07. The van der Waals surface area contributed by atoms with Crippen LogP contribution in [-0.2, 0) is 9.47 Å². The molecule has 1 saturated heterocycles. The van der Waals surface area contributed by atoms with Crippen LogP contribution in [0.2, 0.25) is 0 Å². The third-order valence-electron chi connectivity index (χ3n) is 4.60.